The first-order valence-electron chi connectivity index (χ1n) is 8.10. The van der Waals surface area contributed by atoms with Crippen molar-refractivity contribution in [2.24, 2.45) is 0 Å². The highest BCUT2D eigenvalue weighted by Gasteiger charge is 2.10. The van der Waals surface area contributed by atoms with Crippen LogP contribution in [-0.4, -0.2) is 41.0 Å². The zero-order valence-corrected chi connectivity index (χ0v) is 14.3. The SMILES string of the molecule is Cc1cc(-c2cncnc2)ncc1-n1cc(-c2ccc(C(=O)O)cc2)nn1. The molecule has 8 heteroatoms. The molecule has 1 aromatic carbocycles. The van der Waals surface area contributed by atoms with Crippen LogP contribution in [0.25, 0.3) is 28.2 Å². The van der Waals surface area contributed by atoms with Gasteiger partial charge in [-0.25, -0.2) is 19.4 Å². The second kappa shape index (κ2) is 6.75. The van der Waals surface area contributed by atoms with Crippen molar-refractivity contribution >= 4 is 5.97 Å². The summed E-state index contributed by atoms with van der Waals surface area (Å²) in [4.78, 5) is 23.4. The molecular formula is C19H14N6O2. The number of aromatic carboxylic acids is 1. The fourth-order valence-corrected chi connectivity index (χ4v) is 2.68. The lowest BCUT2D eigenvalue weighted by Gasteiger charge is -2.07. The van der Waals surface area contributed by atoms with E-state index in [1.165, 1.54) is 6.33 Å². The van der Waals surface area contributed by atoms with Gasteiger partial charge in [0.15, 0.2) is 0 Å². The van der Waals surface area contributed by atoms with Crippen LogP contribution in [0.3, 0.4) is 0 Å². The molecule has 1 N–H and O–H groups in total. The molecule has 0 aliphatic heterocycles. The van der Waals surface area contributed by atoms with Crippen LogP contribution in [0.15, 0.2) is 61.4 Å². The van der Waals surface area contributed by atoms with Crippen molar-refractivity contribution in [1.29, 1.82) is 0 Å². The summed E-state index contributed by atoms with van der Waals surface area (Å²) in [5, 5.41) is 17.3. The van der Waals surface area contributed by atoms with E-state index in [1.807, 2.05) is 13.0 Å². The first kappa shape index (κ1) is 16.5. The van der Waals surface area contributed by atoms with E-state index in [4.69, 9.17) is 5.11 Å². The smallest absolute Gasteiger partial charge is 0.335 e. The minimum atomic E-state index is -0.962. The summed E-state index contributed by atoms with van der Waals surface area (Å²) in [6.45, 7) is 1.97. The van der Waals surface area contributed by atoms with Crippen molar-refractivity contribution in [2.75, 3.05) is 0 Å². The predicted molar refractivity (Wildman–Crippen MR) is 97.3 cm³/mol. The minimum Gasteiger partial charge on any atom is -0.478 e. The average Bonchev–Trinajstić information content (AvgIpc) is 3.18. The number of carboxylic acids is 1. The molecule has 0 aliphatic rings. The molecule has 0 atom stereocenters. The van der Waals surface area contributed by atoms with E-state index < -0.39 is 5.97 Å². The molecule has 4 rings (SSSR count). The van der Waals surface area contributed by atoms with Crippen LogP contribution in [0.2, 0.25) is 0 Å². The molecule has 4 aromatic rings. The van der Waals surface area contributed by atoms with Crippen LogP contribution in [0.5, 0.6) is 0 Å². The van der Waals surface area contributed by atoms with E-state index in [-0.39, 0.29) is 5.56 Å². The molecule has 0 amide bonds. The Balaban J connectivity index is 1.64. The summed E-state index contributed by atoms with van der Waals surface area (Å²) in [7, 11) is 0. The van der Waals surface area contributed by atoms with Gasteiger partial charge in [-0.05, 0) is 30.7 Å². The van der Waals surface area contributed by atoms with E-state index in [2.05, 4.69) is 25.3 Å². The van der Waals surface area contributed by atoms with Crippen LogP contribution >= 0.6 is 0 Å². The summed E-state index contributed by atoms with van der Waals surface area (Å²) < 4.78 is 1.65. The lowest BCUT2D eigenvalue weighted by atomic mass is 10.1. The zero-order chi connectivity index (χ0) is 18.8. The van der Waals surface area contributed by atoms with Crippen molar-refractivity contribution in [3.63, 3.8) is 0 Å². The van der Waals surface area contributed by atoms with Gasteiger partial charge in [0.2, 0.25) is 0 Å². The highest BCUT2D eigenvalue weighted by atomic mass is 16.4. The number of carbonyl (C=O) groups is 1. The van der Waals surface area contributed by atoms with Crippen molar-refractivity contribution in [1.82, 2.24) is 29.9 Å². The second-order valence-electron chi connectivity index (χ2n) is 5.91. The Morgan fingerprint density at radius 1 is 1.00 bits per heavy atom. The van der Waals surface area contributed by atoms with Gasteiger partial charge in [0, 0.05) is 23.5 Å². The molecule has 8 nitrogen and oxygen atoms in total. The third-order valence-corrected chi connectivity index (χ3v) is 4.11. The maximum absolute atomic E-state index is 11.0. The molecule has 0 bridgehead atoms. The quantitative estimate of drug-likeness (QED) is 0.598. The number of pyridine rings is 1. The number of rotatable bonds is 4. The maximum atomic E-state index is 11.0. The van der Waals surface area contributed by atoms with Gasteiger partial charge >= 0.3 is 5.97 Å². The molecule has 0 fully saturated rings. The fraction of sp³-hybridized carbons (Fsp3) is 0.0526. The Kier molecular flexibility index (Phi) is 4.13. The monoisotopic (exact) mass is 358 g/mol. The molecule has 132 valence electrons. The second-order valence-corrected chi connectivity index (χ2v) is 5.91. The van der Waals surface area contributed by atoms with Crippen molar-refractivity contribution in [3.8, 4) is 28.2 Å². The van der Waals surface area contributed by atoms with Crippen LogP contribution in [-0.2, 0) is 0 Å². The number of hydrogen-bond donors (Lipinski definition) is 1. The Morgan fingerprint density at radius 3 is 2.41 bits per heavy atom. The highest BCUT2D eigenvalue weighted by molar-refractivity contribution is 5.88. The van der Waals surface area contributed by atoms with Crippen molar-refractivity contribution < 1.29 is 9.90 Å². The summed E-state index contributed by atoms with van der Waals surface area (Å²) in [5.74, 6) is -0.962. The number of benzene rings is 1. The van der Waals surface area contributed by atoms with Gasteiger partial charge in [0.25, 0.3) is 0 Å². The minimum absolute atomic E-state index is 0.228. The predicted octanol–water partition coefficient (Wildman–Crippen LogP) is 2.79. The van der Waals surface area contributed by atoms with Crippen LogP contribution in [0.4, 0.5) is 0 Å². The molecule has 0 aliphatic carbocycles. The van der Waals surface area contributed by atoms with E-state index >= 15 is 0 Å². The first-order chi connectivity index (χ1) is 13.1. The fourth-order valence-electron chi connectivity index (χ4n) is 2.68. The summed E-state index contributed by atoms with van der Waals surface area (Å²) in [6.07, 6.45) is 8.41. The summed E-state index contributed by atoms with van der Waals surface area (Å²) in [5.41, 5.74) is 5.05. The van der Waals surface area contributed by atoms with Gasteiger partial charge in [0.1, 0.15) is 12.0 Å². The van der Waals surface area contributed by atoms with Gasteiger partial charge in [-0.15, -0.1) is 5.10 Å². The van der Waals surface area contributed by atoms with E-state index in [9.17, 15) is 4.79 Å². The molecule has 3 aromatic heterocycles. The average molecular weight is 358 g/mol. The highest BCUT2D eigenvalue weighted by Crippen LogP contribution is 2.22. The molecular weight excluding hydrogens is 344 g/mol. The maximum Gasteiger partial charge on any atom is 0.335 e. The first-order valence-corrected chi connectivity index (χ1v) is 8.10. The Labute approximate surface area is 154 Å². The van der Waals surface area contributed by atoms with Crippen LogP contribution in [0.1, 0.15) is 15.9 Å². The molecule has 0 unspecified atom stereocenters. The lowest BCUT2D eigenvalue weighted by Crippen LogP contribution is -2.00. The Bertz CT molecular complexity index is 1110. The number of nitrogens with zero attached hydrogens (tertiary/aromatic N) is 6. The largest absolute Gasteiger partial charge is 0.478 e. The Hall–Kier alpha value is -3.94. The third-order valence-electron chi connectivity index (χ3n) is 4.11. The normalized spacial score (nSPS) is 10.7. The van der Waals surface area contributed by atoms with E-state index in [1.54, 1.807) is 53.7 Å². The van der Waals surface area contributed by atoms with Crippen molar-refractivity contribution in [3.05, 3.63) is 72.6 Å². The van der Waals surface area contributed by atoms with Crippen molar-refractivity contribution in [2.45, 2.75) is 6.92 Å². The van der Waals surface area contributed by atoms with E-state index in [0.717, 1.165) is 28.1 Å². The molecule has 0 saturated heterocycles. The number of aromatic nitrogens is 6. The van der Waals surface area contributed by atoms with Gasteiger partial charge in [0.05, 0.1) is 29.3 Å². The van der Waals surface area contributed by atoms with Crippen LogP contribution < -0.4 is 0 Å². The van der Waals surface area contributed by atoms with Gasteiger partial charge in [-0.3, -0.25) is 4.98 Å². The molecule has 27 heavy (non-hydrogen) atoms. The summed E-state index contributed by atoms with van der Waals surface area (Å²) >= 11 is 0. The Morgan fingerprint density at radius 2 is 1.74 bits per heavy atom. The number of aryl methyl sites for hydroxylation is 1. The molecule has 0 spiro atoms. The van der Waals surface area contributed by atoms with E-state index in [0.29, 0.717) is 5.69 Å². The third kappa shape index (κ3) is 3.28. The topological polar surface area (TPSA) is 107 Å². The number of hydrogen-bond acceptors (Lipinski definition) is 6. The lowest BCUT2D eigenvalue weighted by molar-refractivity contribution is 0.0697. The zero-order valence-electron chi connectivity index (χ0n) is 14.3. The number of carboxylic acid groups (broad SMARTS) is 1. The standard InChI is InChI=1S/C19H14N6O2/c1-12-6-16(15-7-20-11-21-8-15)22-9-18(12)25-10-17(23-24-25)13-2-4-14(5-3-13)19(26)27/h2-11H,1H3,(H,26,27). The van der Waals surface area contributed by atoms with Gasteiger partial charge in [-0.1, -0.05) is 17.3 Å². The molecule has 3 heterocycles. The van der Waals surface area contributed by atoms with Crippen LogP contribution in [0, 0.1) is 6.92 Å². The van der Waals surface area contributed by atoms with Gasteiger partial charge in [-0.2, -0.15) is 0 Å². The molecule has 0 radical (unpaired) electrons. The molecule has 0 saturated carbocycles. The summed E-state index contributed by atoms with van der Waals surface area (Å²) in [6, 6.07) is 8.44. The van der Waals surface area contributed by atoms with Gasteiger partial charge < -0.3 is 5.11 Å².